The Morgan fingerprint density at radius 2 is 1.68 bits per heavy atom. The lowest BCUT2D eigenvalue weighted by atomic mass is 10.2. The molecule has 1 heterocycles. The molecule has 0 unspecified atom stereocenters. The molecule has 3 amide bonds. The molecule has 1 aliphatic heterocycles. The number of carbonyl (C=O) groups excluding carboxylic acids is 3. The number of hydrogen-bond donors (Lipinski definition) is 1. The molecular formula is C25H18Cl2N2O6S2. The zero-order valence-corrected chi connectivity index (χ0v) is 22.2. The zero-order valence-electron chi connectivity index (χ0n) is 19.1. The van der Waals surface area contributed by atoms with Crippen LogP contribution in [0.1, 0.15) is 18.1 Å². The van der Waals surface area contributed by atoms with Gasteiger partial charge in [0.1, 0.15) is 10.6 Å². The Labute approximate surface area is 227 Å². The van der Waals surface area contributed by atoms with Crippen molar-refractivity contribution in [1.29, 1.82) is 0 Å². The molecule has 3 aromatic rings. The first-order valence-corrected chi connectivity index (χ1v) is 13.6. The number of carbonyl (C=O) groups is 3. The van der Waals surface area contributed by atoms with Crippen LogP contribution in [0.3, 0.4) is 0 Å². The van der Waals surface area contributed by atoms with Crippen molar-refractivity contribution in [3.8, 4) is 5.75 Å². The van der Waals surface area contributed by atoms with E-state index in [0.717, 1.165) is 16.7 Å². The summed E-state index contributed by atoms with van der Waals surface area (Å²) in [6.07, 6.45) is 1.54. The van der Waals surface area contributed by atoms with Gasteiger partial charge in [-0.1, -0.05) is 41.4 Å². The van der Waals surface area contributed by atoms with Gasteiger partial charge in [-0.05, 0) is 77.5 Å². The molecule has 0 bridgehead atoms. The van der Waals surface area contributed by atoms with Crippen molar-refractivity contribution >= 4 is 73.9 Å². The number of halogens is 2. The van der Waals surface area contributed by atoms with Crippen molar-refractivity contribution in [2.75, 3.05) is 5.32 Å². The Bertz CT molecular complexity index is 1520. The third kappa shape index (κ3) is 6.53. The Morgan fingerprint density at radius 3 is 2.30 bits per heavy atom. The Balaban J connectivity index is 1.44. The standard InChI is InChI=1S/C25H18Cl2N2O6S2/c1-15(30)28-18-5-9-20(10-6-18)37(33,34)35-19-7-2-16(3-8-19)13-23-24(31)29(25(32)36-23)14-17-4-11-21(26)22(27)12-17/h2-13H,14H2,1H3,(H,28,30)/b23-13-. The van der Waals surface area contributed by atoms with Crippen LogP contribution in [-0.2, 0) is 26.3 Å². The fourth-order valence-corrected chi connectivity index (χ4v) is 5.40. The number of imide groups is 1. The Hall–Kier alpha value is -3.31. The summed E-state index contributed by atoms with van der Waals surface area (Å²) in [5.74, 6) is -0.661. The van der Waals surface area contributed by atoms with E-state index >= 15 is 0 Å². The van der Waals surface area contributed by atoms with Crippen molar-refractivity contribution in [2.24, 2.45) is 0 Å². The van der Waals surface area contributed by atoms with Crippen molar-refractivity contribution in [1.82, 2.24) is 4.90 Å². The zero-order chi connectivity index (χ0) is 26.7. The molecule has 1 saturated heterocycles. The number of anilines is 1. The number of nitrogens with zero attached hydrogens (tertiary/aromatic N) is 1. The minimum atomic E-state index is -4.11. The molecule has 0 aliphatic carbocycles. The lowest BCUT2D eigenvalue weighted by Gasteiger charge is -2.12. The van der Waals surface area contributed by atoms with Gasteiger partial charge in [-0.3, -0.25) is 19.3 Å². The number of benzene rings is 3. The second-order valence-corrected chi connectivity index (χ2v) is 11.2. The average molecular weight is 577 g/mol. The molecule has 1 aliphatic rings. The quantitative estimate of drug-likeness (QED) is 0.273. The maximum absolute atomic E-state index is 12.8. The Morgan fingerprint density at radius 1 is 1.00 bits per heavy atom. The summed E-state index contributed by atoms with van der Waals surface area (Å²) in [5, 5.41) is 2.84. The monoisotopic (exact) mass is 576 g/mol. The third-order valence-corrected chi connectivity index (χ3v) is 7.95. The number of rotatable bonds is 7. The van der Waals surface area contributed by atoms with E-state index in [4.69, 9.17) is 27.4 Å². The summed E-state index contributed by atoms with van der Waals surface area (Å²) in [4.78, 5) is 37.6. The van der Waals surface area contributed by atoms with Gasteiger partial charge in [0.25, 0.3) is 11.1 Å². The molecule has 190 valence electrons. The SMILES string of the molecule is CC(=O)Nc1ccc(S(=O)(=O)Oc2ccc(/C=C3\SC(=O)N(Cc4ccc(Cl)c(Cl)c4)C3=O)cc2)cc1. The van der Waals surface area contributed by atoms with Gasteiger partial charge in [0.05, 0.1) is 21.5 Å². The molecule has 0 atom stereocenters. The van der Waals surface area contributed by atoms with Gasteiger partial charge in [-0.25, -0.2) is 0 Å². The predicted molar refractivity (Wildman–Crippen MR) is 143 cm³/mol. The molecule has 4 rings (SSSR count). The predicted octanol–water partition coefficient (Wildman–Crippen LogP) is 5.96. The van der Waals surface area contributed by atoms with E-state index in [2.05, 4.69) is 5.32 Å². The van der Waals surface area contributed by atoms with Gasteiger partial charge in [0, 0.05) is 12.6 Å². The van der Waals surface area contributed by atoms with E-state index in [1.807, 2.05) is 0 Å². The van der Waals surface area contributed by atoms with Crippen molar-refractivity contribution in [2.45, 2.75) is 18.4 Å². The maximum Gasteiger partial charge on any atom is 0.339 e. The number of hydrogen-bond acceptors (Lipinski definition) is 7. The second kappa shape index (κ2) is 11.0. The lowest BCUT2D eigenvalue weighted by molar-refractivity contribution is -0.123. The topological polar surface area (TPSA) is 110 Å². The minimum absolute atomic E-state index is 0.0509. The summed E-state index contributed by atoms with van der Waals surface area (Å²) in [6.45, 7) is 1.40. The number of thioether (sulfide) groups is 1. The van der Waals surface area contributed by atoms with Gasteiger partial charge in [0.15, 0.2) is 0 Å². The normalized spacial score (nSPS) is 14.8. The van der Waals surface area contributed by atoms with Gasteiger partial charge in [-0.15, -0.1) is 0 Å². The molecule has 1 N–H and O–H groups in total. The molecule has 0 aromatic heterocycles. The molecule has 12 heteroatoms. The second-order valence-electron chi connectivity index (χ2n) is 7.83. The van der Waals surface area contributed by atoms with Gasteiger partial charge < -0.3 is 9.50 Å². The molecule has 0 spiro atoms. The first-order valence-electron chi connectivity index (χ1n) is 10.6. The maximum atomic E-state index is 12.8. The molecular weight excluding hydrogens is 559 g/mol. The van der Waals surface area contributed by atoms with Crippen LogP contribution in [0.15, 0.2) is 76.5 Å². The van der Waals surface area contributed by atoms with Crippen LogP contribution >= 0.6 is 35.0 Å². The van der Waals surface area contributed by atoms with Crippen LogP contribution in [0.2, 0.25) is 10.0 Å². The highest BCUT2D eigenvalue weighted by Crippen LogP contribution is 2.34. The van der Waals surface area contributed by atoms with Crippen LogP contribution in [0.25, 0.3) is 6.08 Å². The fraction of sp³-hybridized carbons (Fsp3) is 0.0800. The number of amides is 3. The highest BCUT2D eigenvalue weighted by atomic mass is 35.5. The first kappa shape index (κ1) is 26.7. The van der Waals surface area contributed by atoms with Crippen LogP contribution in [0.5, 0.6) is 5.75 Å². The van der Waals surface area contributed by atoms with Crippen molar-refractivity contribution in [3.63, 3.8) is 0 Å². The van der Waals surface area contributed by atoms with Gasteiger partial charge in [0.2, 0.25) is 5.91 Å². The number of nitrogens with one attached hydrogen (secondary N) is 1. The van der Waals surface area contributed by atoms with E-state index in [1.54, 1.807) is 36.4 Å². The van der Waals surface area contributed by atoms with E-state index in [9.17, 15) is 22.8 Å². The van der Waals surface area contributed by atoms with Crippen LogP contribution < -0.4 is 9.50 Å². The molecule has 0 radical (unpaired) electrons. The average Bonchev–Trinajstić information content (AvgIpc) is 3.09. The molecule has 3 aromatic carbocycles. The highest BCUT2D eigenvalue weighted by Gasteiger charge is 2.35. The van der Waals surface area contributed by atoms with E-state index in [0.29, 0.717) is 26.9 Å². The van der Waals surface area contributed by atoms with Gasteiger partial charge >= 0.3 is 10.1 Å². The lowest BCUT2D eigenvalue weighted by Crippen LogP contribution is -2.27. The molecule has 1 fully saturated rings. The fourth-order valence-electron chi connectivity index (χ4n) is 3.31. The Kier molecular flexibility index (Phi) is 7.93. The summed E-state index contributed by atoms with van der Waals surface area (Å²) in [7, 11) is -4.11. The smallest absolute Gasteiger partial charge is 0.339 e. The van der Waals surface area contributed by atoms with Crippen LogP contribution in [0.4, 0.5) is 10.5 Å². The third-order valence-electron chi connectivity index (χ3n) is 5.05. The van der Waals surface area contributed by atoms with Crippen LogP contribution in [0, 0.1) is 0 Å². The first-order chi connectivity index (χ1) is 17.5. The summed E-state index contributed by atoms with van der Waals surface area (Å²) in [5.41, 5.74) is 1.69. The summed E-state index contributed by atoms with van der Waals surface area (Å²) >= 11 is 12.7. The minimum Gasteiger partial charge on any atom is -0.379 e. The van der Waals surface area contributed by atoms with Crippen molar-refractivity contribution in [3.05, 3.63) is 92.8 Å². The summed E-state index contributed by atoms with van der Waals surface area (Å²) < 4.78 is 30.3. The van der Waals surface area contributed by atoms with E-state index in [-0.39, 0.29) is 28.0 Å². The van der Waals surface area contributed by atoms with Crippen LogP contribution in [-0.4, -0.2) is 30.4 Å². The van der Waals surface area contributed by atoms with Gasteiger partial charge in [-0.2, -0.15) is 8.42 Å². The van der Waals surface area contributed by atoms with E-state index < -0.39 is 21.3 Å². The van der Waals surface area contributed by atoms with Crippen molar-refractivity contribution < 1.29 is 27.0 Å². The highest BCUT2D eigenvalue weighted by molar-refractivity contribution is 8.18. The summed E-state index contributed by atoms with van der Waals surface area (Å²) in [6, 6.07) is 16.4. The molecule has 37 heavy (non-hydrogen) atoms. The molecule has 8 nitrogen and oxygen atoms in total. The largest absolute Gasteiger partial charge is 0.379 e. The molecule has 0 saturated carbocycles. The van der Waals surface area contributed by atoms with E-state index in [1.165, 1.54) is 43.3 Å².